The molecule has 7 heteroatoms. The summed E-state index contributed by atoms with van der Waals surface area (Å²) in [6, 6.07) is 3.82. The zero-order valence-corrected chi connectivity index (χ0v) is 14.2. The van der Waals surface area contributed by atoms with E-state index in [1.807, 2.05) is 25.3 Å². The average molecular weight is 321 g/mol. The number of pyridine rings is 1. The molecule has 1 unspecified atom stereocenters. The molecule has 0 radical (unpaired) electrons. The number of amides is 2. The number of nitrogens with one attached hydrogen (secondary N) is 2. The maximum Gasteiger partial charge on any atom is 0.315 e. The average Bonchev–Trinajstić information content (AvgIpc) is 2.54. The van der Waals surface area contributed by atoms with E-state index in [0.29, 0.717) is 13.2 Å². The van der Waals surface area contributed by atoms with Crippen LogP contribution in [0.4, 0.5) is 10.6 Å². The number of ether oxygens (including phenoxy) is 1. The maximum atomic E-state index is 11.7. The minimum atomic E-state index is -0.197. The molecule has 7 nitrogen and oxygen atoms in total. The van der Waals surface area contributed by atoms with Crippen molar-refractivity contribution in [2.75, 3.05) is 51.8 Å². The van der Waals surface area contributed by atoms with Gasteiger partial charge in [-0.1, -0.05) is 6.07 Å². The van der Waals surface area contributed by atoms with Crippen LogP contribution in [0.2, 0.25) is 0 Å². The molecule has 2 heterocycles. The summed E-state index contributed by atoms with van der Waals surface area (Å²) in [4.78, 5) is 20.9. The number of piperazine rings is 1. The molecule has 2 rings (SSSR count). The maximum absolute atomic E-state index is 11.7. The van der Waals surface area contributed by atoms with Crippen LogP contribution in [-0.2, 0) is 11.3 Å². The van der Waals surface area contributed by atoms with E-state index in [1.54, 1.807) is 7.11 Å². The fraction of sp³-hybridized carbons (Fsp3) is 0.625. The fourth-order valence-corrected chi connectivity index (χ4v) is 2.49. The van der Waals surface area contributed by atoms with Gasteiger partial charge in [-0.3, -0.25) is 0 Å². The summed E-state index contributed by atoms with van der Waals surface area (Å²) in [6.07, 6.45) is 1.83. The molecule has 1 aromatic rings. The molecule has 0 aliphatic carbocycles. The number of rotatable bonds is 6. The smallest absolute Gasteiger partial charge is 0.315 e. The van der Waals surface area contributed by atoms with Crippen molar-refractivity contribution < 1.29 is 9.53 Å². The zero-order valence-electron chi connectivity index (χ0n) is 14.2. The summed E-state index contributed by atoms with van der Waals surface area (Å²) in [5.74, 6) is 1.00. The van der Waals surface area contributed by atoms with Crippen LogP contribution in [-0.4, -0.2) is 68.9 Å². The van der Waals surface area contributed by atoms with Gasteiger partial charge >= 0.3 is 6.03 Å². The van der Waals surface area contributed by atoms with E-state index < -0.39 is 0 Å². The zero-order chi connectivity index (χ0) is 16.7. The van der Waals surface area contributed by atoms with Crippen LogP contribution in [0.5, 0.6) is 0 Å². The Kier molecular flexibility index (Phi) is 6.61. The molecule has 128 valence electrons. The second-order valence-corrected chi connectivity index (χ2v) is 6.00. The van der Waals surface area contributed by atoms with E-state index in [9.17, 15) is 4.79 Å². The summed E-state index contributed by atoms with van der Waals surface area (Å²) in [5.41, 5.74) is 0.984. The second-order valence-electron chi connectivity index (χ2n) is 6.00. The molecule has 1 aliphatic heterocycles. The molecule has 0 spiro atoms. The number of hydrogen-bond acceptors (Lipinski definition) is 5. The van der Waals surface area contributed by atoms with Crippen molar-refractivity contribution >= 4 is 11.8 Å². The Labute approximate surface area is 138 Å². The van der Waals surface area contributed by atoms with Gasteiger partial charge in [-0.15, -0.1) is 0 Å². The van der Waals surface area contributed by atoms with Crippen molar-refractivity contribution in [1.29, 1.82) is 0 Å². The first kappa shape index (κ1) is 17.5. The summed E-state index contributed by atoms with van der Waals surface area (Å²) in [7, 11) is 3.75. The number of carbonyl (C=O) groups is 1. The standard InChI is InChI=1S/C16H27N5O2/c1-13(12-23-3)19-16(22)18-11-14-4-5-15(17-10-14)21-8-6-20(2)7-9-21/h4-5,10,13H,6-9,11-12H2,1-3H3,(H2,18,19,22). The van der Waals surface area contributed by atoms with Gasteiger partial charge < -0.3 is 25.2 Å². The highest BCUT2D eigenvalue weighted by Gasteiger charge is 2.15. The highest BCUT2D eigenvalue weighted by Crippen LogP contribution is 2.13. The van der Waals surface area contributed by atoms with E-state index in [4.69, 9.17) is 4.74 Å². The molecule has 1 fully saturated rings. The van der Waals surface area contributed by atoms with Gasteiger partial charge in [0.25, 0.3) is 0 Å². The summed E-state index contributed by atoms with van der Waals surface area (Å²) < 4.78 is 4.98. The van der Waals surface area contributed by atoms with Gasteiger partial charge in [0.2, 0.25) is 0 Å². The first-order valence-electron chi connectivity index (χ1n) is 8.00. The van der Waals surface area contributed by atoms with Crippen LogP contribution in [0, 0.1) is 0 Å². The van der Waals surface area contributed by atoms with Crippen LogP contribution in [0.1, 0.15) is 12.5 Å². The Morgan fingerprint density at radius 2 is 2.09 bits per heavy atom. The molecular formula is C16H27N5O2. The Morgan fingerprint density at radius 1 is 1.35 bits per heavy atom. The lowest BCUT2D eigenvalue weighted by Crippen LogP contribution is -2.44. The van der Waals surface area contributed by atoms with Gasteiger partial charge in [0.15, 0.2) is 0 Å². The Hall–Kier alpha value is -1.86. The lowest BCUT2D eigenvalue weighted by molar-refractivity contribution is 0.171. The number of anilines is 1. The van der Waals surface area contributed by atoms with Crippen molar-refractivity contribution in [2.24, 2.45) is 0 Å². The van der Waals surface area contributed by atoms with Crippen molar-refractivity contribution in [3.05, 3.63) is 23.9 Å². The number of urea groups is 1. The van der Waals surface area contributed by atoms with E-state index in [-0.39, 0.29) is 12.1 Å². The first-order valence-corrected chi connectivity index (χ1v) is 8.00. The van der Waals surface area contributed by atoms with Crippen molar-refractivity contribution in [3.8, 4) is 0 Å². The molecular weight excluding hydrogens is 294 g/mol. The highest BCUT2D eigenvalue weighted by molar-refractivity contribution is 5.74. The molecule has 1 aromatic heterocycles. The summed E-state index contributed by atoms with van der Waals surface area (Å²) in [5, 5.41) is 5.64. The largest absolute Gasteiger partial charge is 0.383 e. The van der Waals surface area contributed by atoms with Crippen molar-refractivity contribution in [1.82, 2.24) is 20.5 Å². The molecule has 1 atom stereocenters. The highest BCUT2D eigenvalue weighted by atomic mass is 16.5. The van der Waals surface area contributed by atoms with E-state index in [1.165, 1.54) is 0 Å². The third-order valence-corrected chi connectivity index (χ3v) is 3.88. The van der Waals surface area contributed by atoms with Crippen LogP contribution in [0.15, 0.2) is 18.3 Å². The van der Waals surface area contributed by atoms with E-state index in [0.717, 1.165) is 37.6 Å². The van der Waals surface area contributed by atoms with Gasteiger partial charge in [-0.05, 0) is 25.6 Å². The molecule has 1 aliphatic rings. The third kappa shape index (κ3) is 5.69. The lowest BCUT2D eigenvalue weighted by Gasteiger charge is -2.33. The topological polar surface area (TPSA) is 69.7 Å². The number of likely N-dealkylation sites (N-methyl/N-ethyl adjacent to an activating group) is 1. The van der Waals surface area contributed by atoms with Crippen molar-refractivity contribution in [2.45, 2.75) is 19.5 Å². The Morgan fingerprint density at radius 3 is 2.70 bits per heavy atom. The predicted molar refractivity (Wildman–Crippen MR) is 90.7 cm³/mol. The predicted octanol–water partition coefficient (Wildman–Crippen LogP) is 0.668. The van der Waals surface area contributed by atoms with Gasteiger partial charge in [0.1, 0.15) is 5.82 Å². The van der Waals surface area contributed by atoms with Crippen LogP contribution >= 0.6 is 0 Å². The molecule has 23 heavy (non-hydrogen) atoms. The van der Waals surface area contributed by atoms with Crippen molar-refractivity contribution in [3.63, 3.8) is 0 Å². The fourth-order valence-electron chi connectivity index (χ4n) is 2.49. The molecule has 2 N–H and O–H groups in total. The molecule has 0 aromatic carbocycles. The number of carbonyl (C=O) groups excluding carboxylic acids is 1. The quantitative estimate of drug-likeness (QED) is 0.806. The number of methoxy groups -OCH3 is 1. The number of aromatic nitrogens is 1. The third-order valence-electron chi connectivity index (χ3n) is 3.88. The lowest BCUT2D eigenvalue weighted by atomic mass is 10.2. The van der Waals surface area contributed by atoms with Gasteiger partial charge in [0, 0.05) is 46.0 Å². The molecule has 1 saturated heterocycles. The van der Waals surface area contributed by atoms with Gasteiger partial charge in [-0.2, -0.15) is 0 Å². The molecule has 2 amide bonds. The Balaban J connectivity index is 1.77. The SMILES string of the molecule is COCC(C)NC(=O)NCc1ccc(N2CCN(C)CC2)nc1. The van der Waals surface area contributed by atoms with E-state index in [2.05, 4.69) is 32.5 Å². The monoisotopic (exact) mass is 321 g/mol. The van der Waals surface area contributed by atoms with Gasteiger partial charge in [-0.25, -0.2) is 9.78 Å². The Bertz CT molecular complexity index is 486. The molecule has 0 bridgehead atoms. The van der Waals surface area contributed by atoms with Gasteiger partial charge in [0.05, 0.1) is 12.6 Å². The minimum Gasteiger partial charge on any atom is -0.383 e. The van der Waals surface area contributed by atoms with Crippen LogP contribution < -0.4 is 15.5 Å². The number of nitrogens with zero attached hydrogens (tertiary/aromatic N) is 3. The summed E-state index contributed by atoms with van der Waals surface area (Å²) >= 11 is 0. The number of hydrogen-bond donors (Lipinski definition) is 2. The van der Waals surface area contributed by atoms with Crippen LogP contribution in [0.25, 0.3) is 0 Å². The second kappa shape index (κ2) is 8.69. The molecule has 0 saturated carbocycles. The normalized spacial score (nSPS) is 16.9. The summed E-state index contributed by atoms with van der Waals surface area (Å²) in [6.45, 7) is 6.98. The van der Waals surface area contributed by atoms with Crippen LogP contribution in [0.3, 0.4) is 0 Å². The first-order chi connectivity index (χ1) is 11.1. The van der Waals surface area contributed by atoms with E-state index >= 15 is 0 Å². The minimum absolute atomic E-state index is 0.0160.